The lowest BCUT2D eigenvalue weighted by molar-refractivity contribution is 0.829. The van der Waals surface area contributed by atoms with Gasteiger partial charge in [0, 0.05) is 11.5 Å². The van der Waals surface area contributed by atoms with Gasteiger partial charge in [0.15, 0.2) is 0 Å². The van der Waals surface area contributed by atoms with Crippen LogP contribution in [0.3, 0.4) is 0 Å². The summed E-state index contributed by atoms with van der Waals surface area (Å²) in [6.07, 6.45) is 0. The number of aromatic amines is 1. The van der Waals surface area contributed by atoms with Crippen molar-refractivity contribution in [2.45, 2.75) is 25.4 Å². The molecule has 2 heterocycles. The number of hydrogen-bond donors (Lipinski definition) is 1. The third kappa shape index (κ3) is 1.72. The molecule has 0 bridgehead atoms. The molecule has 1 aromatic heterocycles. The monoisotopic (exact) mass is 246 g/mol. The predicted molar refractivity (Wildman–Crippen MR) is 70.9 cm³/mol. The highest BCUT2D eigenvalue weighted by Crippen LogP contribution is 2.26. The Morgan fingerprint density at radius 3 is 2.53 bits per heavy atom. The second-order valence-electron chi connectivity index (χ2n) is 4.55. The van der Waals surface area contributed by atoms with Gasteiger partial charge in [0.05, 0.1) is 16.9 Å². The first-order valence-electron chi connectivity index (χ1n) is 5.64. The van der Waals surface area contributed by atoms with Crippen LogP contribution < -0.4 is 5.56 Å². The second-order valence-corrected chi connectivity index (χ2v) is 5.53. The molecule has 3 rings (SSSR count). The fourth-order valence-corrected chi connectivity index (χ4v) is 3.35. The minimum Gasteiger partial charge on any atom is -0.294 e. The average molecular weight is 246 g/mol. The van der Waals surface area contributed by atoms with Crippen LogP contribution in [0.5, 0.6) is 0 Å². The Morgan fingerprint density at radius 2 is 1.88 bits per heavy atom. The van der Waals surface area contributed by atoms with Gasteiger partial charge in [-0.05, 0) is 37.1 Å². The number of thioether (sulfide) groups is 1. The standard InChI is InChI=1S/C13H14N2OS/c1-8-3-9(2)5-10(4-8)15-13(16)11-6-17-7-12(11)14-15/h3-5,14H,6-7H2,1-2H3. The molecule has 0 saturated heterocycles. The summed E-state index contributed by atoms with van der Waals surface area (Å²) in [6, 6.07) is 6.18. The van der Waals surface area contributed by atoms with E-state index in [9.17, 15) is 4.79 Å². The summed E-state index contributed by atoms with van der Waals surface area (Å²) in [5.74, 6) is 1.75. The zero-order valence-corrected chi connectivity index (χ0v) is 10.7. The van der Waals surface area contributed by atoms with E-state index < -0.39 is 0 Å². The van der Waals surface area contributed by atoms with Gasteiger partial charge in [0.25, 0.3) is 5.56 Å². The van der Waals surface area contributed by atoms with E-state index in [1.165, 1.54) is 11.1 Å². The van der Waals surface area contributed by atoms with E-state index in [0.717, 1.165) is 28.5 Å². The number of H-pyrrole nitrogens is 1. The van der Waals surface area contributed by atoms with Crippen molar-refractivity contribution in [1.29, 1.82) is 0 Å². The van der Waals surface area contributed by atoms with Crippen LogP contribution >= 0.6 is 11.8 Å². The number of rotatable bonds is 1. The highest BCUT2D eigenvalue weighted by Gasteiger charge is 2.20. The van der Waals surface area contributed by atoms with Crippen LogP contribution in [0.4, 0.5) is 0 Å². The van der Waals surface area contributed by atoms with E-state index in [4.69, 9.17) is 0 Å². The van der Waals surface area contributed by atoms with E-state index in [0.29, 0.717) is 0 Å². The zero-order chi connectivity index (χ0) is 12.0. The Morgan fingerprint density at radius 1 is 1.18 bits per heavy atom. The lowest BCUT2D eigenvalue weighted by atomic mass is 10.1. The van der Waals surface area contributed by atoms with Crippen molar-refractivity contribution in [2.75, 3.05) is 0 Å². The molecule has 1 aliphatic heterocycles. The van der Waals surface area contributed by atoms with Crippen LogP contribution in [0, 0.1) is 13.8 Å². The fraction of sp³-hybridized carbons (Fsp3) is 0.308. The molecule has 4 heteroatoms. The van der Waals surface area contributed by atoms with Gasteiger partial charge in [0.2, 0.25) is 0 Å². The number of aryl methyl sites for hydroxylation is 2. The molecule has 1 N–H and O–H groups in total. The van der Waals surface area contributed by atoms with Crippen molar-refractivity contribution in [1.82, 2.24) is 9.78 Å². The maximum absolute atomic E-state index is 12.2. The van der Waals surface area contributed by atoms with Gasteiger partial charge < -0.3 is 0 Å². The molecule has 1 aromatic carbocycles. The van der Waals surface area contributed by atoms with Crippen LogP contribution in [-0.2, 0) is 11.5 Å². The van der Waals surface area contributed by atoms with E-state index in [-0.39, 0.29) is 5.56 Å². The third-order valence-electron chi connectivity index (χ3n) is 3.03. The quantitative estimate of drug-likeness (QED) is 0.839. The van der Waals surface area contributed by atoms with Crippen LogP contribution in [0.15, 0.2) is 23.0 Å². The third-order valence-corrected chi connectivity index (χ3v) is 4.02. The van der Waals surface area contributed by atoms with E-state index >= 15 is 0 Å². The van der Waals surface area contributed by atoms with E-state index in [1.807, 2.05) is 26.0 Å². The maximum Gasteiger partial charge on any atom is 0.275 e. The smallest absolute Gasteiger partial charge is 0.275 e. The molecular weight excluding hydrogens is 232 g/mol. The predicted octanol–water partition coefficient (Wildman–Crippen LogP) is 2.53. The van der Waals surface area contributed by atoms with E-state index in [1.54, 1.807) is 16.4 Å². The van der Waals surface area contributed by atoms with Gasteiger partial charge in [0.1, 0.15) is 0 Å². The van der Waals surface area contributed by atoms with Gasteiger partial charge in [-0.15, -0.1) is 0 Å². The number of aromatic nitrogens is 2. The molecule has 0 amide bonds. The average Bonchev–Trinajstić information content (AvgIpc) is 2.80. The normalized spacial score (nSPS) is 14.0. The SMILES string of the molecule is Cc1cc(C)cc(-n2[nH]c3c(c2=O)CSC3)c1. The Balaban J connectivity index is 2.19. The van der Waals surface area contributed by atoms with Gasteiger partial charge in [-0.3, -0.25) is 9.89 Å². The summed E-state index contributed by atoms with van der Waals surface area (Å²) in [7, 11) is 0. The van der Waals surface area contributed by atoms with Crippen LogP contribution in [0.2, 0.25) is 0 Å². The summed E-state index contributed by atoms with van der Waals surface area (Å²) in [5.41, 5.74) is 5.42. The maximum atomic E-state index is 12.2. The minimum atomic E-state index is 0.106. The Bertz CT molecular complexity index is 619. The molecule has 0 atom stereocenters. The molecule has 0 fully saturated rings. The highest BCUT2D eigenvalue weighted by atomic mass is 32.2. The molecule has 0 aliphatic carbocycles. The van der Waals surface area contributed by atoms with Crippen molar-refractivity contribution >= 4 is 11.8 Å². The van der Waals surface area contributed by atoms with Crippen molar-refractivity contribution in [2.24, 2.45) is 0 Å². The molecule has 17 heavy (non-hydrogen) atoms. The topological polar surface area (TPSA) is 37.8 Å². The van der Waals surface area contributed by atoms with Gasteiger partial charge in [-0.2, -0.15) is 11.8 Å². The number of benzene rings is 1. The lowest BCUT2D eigenvalue weighted by Gasteiger charge is -2.05. The molecular formula is C13H14N2OS. The minimum absolute atomic E-state index is 0.106. The van der Waals surface area contributed by atoms with E-state index in [2.05, 4.69) is 11.2 Å². The Labute approximate surface area is 104 Å². The van der Waals surface area contributed by atoms with Crippen LogP contribution in [-0.4, -0.2) is 9.78 Å². The number of hydrogen-bond acceptors (Lipinski definition) is 2. The van der Waals surface area contributed by atoms with Gasteiger partial charge in [-0.25, -0.2) is 4.68 Å². The second kappa shape index (κ2) is 3.81. The number of nitrogens with zero attached hydrogens (tertiary/aromatic N) is 1. The largest absolute Gasteiger partial charge is 0.294 e. The van der Waals surface area contributed by atoms with Crippen LogP contribution in [0.25, 0.3) is 5.69 Å². The molecule has 0 spiro atoms. The van der Waals surface area contributed by atoms with Crippen molar-refractivity contribution in [3.8, 4) is 5.69 Å². The fourth-order valence-electron chi connectivity index (χ4n) is 2.30. The van der Waals surface area contributed by atoms with Crippen molar-refractivity contribution in [3.63, 3.8) is 0 Å². The molecule has 0 unspecified atom stereocenters. The Kier molecular flexibility index (Phi) is 2.40. The highest BCUT2D eigenvalue weighted by molar-refractivity contribution is 7.98. The lowest BCUT2D eigenvalue weighted by Crippen LogP contribution is -2.17. The van der Waals surface area contributed by atoms with Crippen LogP contribution in [0.1, 0.15) is 22.4 Å². The number of fused-ring (bicyclic) bond motifs is 1. The summed E-state index contributed by atoms with van der Waals surface area (Å²) >= 11 is 1.79. The molecule has 0 saturated carbocycles. The molecule has 3 nitrogen and oxygen atoms in total. The van der Waals surface area contributed by atoms with Crippen molar-refractivity contribution in [3.05, 3.63) is 50.9 Å². The first-order valence-corrected chi connectivity index (χ1v) is 6.80. The summed E-state index contributed by atoms with van der Waals surface area (Å²) in [5, 5.41) is 3.22. The zero-order valence-electron chi connectivity index (χ0n) is 9.91. The Hall–Kier alpha value is -1.42. The molecule has 88 valence electrons. The molecule has 1 aliphatic rings. The summed E-state index contributed by atoms with van der Waals surface area (Å²) < 4.78 is 1.67. The summed E-state index contributed by atoms with van der Waals surface area (Å²) in [6.45, 7) is 4.10. The number of nitrogens with one attached hydrogen (secondary N) is 1. The van der Waals surface area contributed by atoms with Gasteiger partial charge >= 0.3 is 0 Å². The summed E-state index contributed by atoms with van der Waals surface area (Å²) in [4.78, 5) is 12.2. The van der Waals surface area contributed by atoms with Crippen molar-refractivity contribution < 1.29 is 0 Å². The molecule has 2 aromatic rings. The van der Waals surface area contributed by atoms with Gasteiger partial charge in [-0.1, -0.05) is 6.07 Å². The molecule has 0 radical (unpaired) electrons. The first kappa shape index (κ1) is 10.7. The first-order chi connectivity index (χ1) is 8.15.